The van der Waals surface area contributed by atoms with E-state index in [0.717, 1.165) is 24.2 Å². The summed E-state index contributed by atoms with van der Waals surface area (Å²) in [5, 5.41) is 0. The molecule has 2 aliphatic rings. The lowest BCUT2D eigenvalue weighted by molar-refractivity contribution is -0.113. The summed E-state index contributed by atoms with van der Waals surface area (Å²) in [4.78, 5) is 0. The van der Waals surface area contributed by atoms with Crippen LogP contribution in [0.4, 0.5) is 0 Å². The van der Waals surface area contributed by atoms with Crippen molar-refractivity contribution < 1.29 is 9.47 Å². The summed E-state index contributed by atoms with van der Waals surface area (Å²) in [6.07, 6.45) is 6.67. The van der Waals surface area contributed by atoms with Crippen LogP contribution < -0.4 is 0 Å². The summed E-state index contributed by atoms with van der Waals surface area (Å²) in [5.41, 5.74) is 0.611. The predicted octanol–water partition coefficient (Wildman–Crippen LogP) is 3.46. The fourth-order valence-electron chi connectivity index (χ4n) is 4.22. The SMILES string of the molecule is COC(CCC12CCC(C1)C(C)C2C)OC. The highest BCUT2D eigenvalue weighted by Crippen LogP contribution is 2.62. The van der Waals surface area contributed by atoms with E-state index in [1.54, 1.807) is 14.2 Å². The van der Waals surface area contributed by atoms with Crippen molar-refractivity contribution in [2.24, 2.45) is 23.2 Å². The lowest BCUT2D eigenvalue weighted by Gasteiger charge is -2.36. The van der Waals surface area contributed by atoms with Crippen LogP contribution in [0.25, 0.3) is 0 Å². The molecule has 2 heteroatoms. The van der Waals surface area contributed by atoms with E-state index in [1.165, 1.54) is 25.7 Å². The first kappa shape index (κ1) is 12.4. The van der Waals surface area contributed by atoms with Crippen LogP contribution in [0.3, 0.4) is 0 Å². The molecule has 0 N–H and O–H groups in total. The molecular weight excluding hydrogens is 200 g/mol. The monoisotopic (exact) mass is 226 g/mol. The van der Waals surface area contributed by atoms with Gasteiger partial charge in [0.15, 0.2) is 6.29 Å². The summed E-state index contributed by atoms with van der Waals surface area (Å²) in [7, 11) is 3.48. The molecule has 0 aromatic heterocycles. The number of methoxy groups -OCH3 is 2. The fourth-order valence-corrected chi connectivity index (χ4v) is 4.22. The molecule has 4 atom stereocenters. The van der Waals surface area contributed by atoms with Crippen molar-refractivity contribution in [3.63, 3.8) is 0 Å². The molecule has 0 aromatic carbocycles. The van der Waals surface area contributed by atoms with Gasteiger partial charge in [-0.25, -0.2) is 0 Å². The summed E-state index contributed by atoms with van der Waals surface area (Å²) >= 11 is 0. The second-order valence-corrected chi connectivity index (χ2v) is 5.95. The maximum absolute atomic E-state index is 5.30. The van der Waals surface area contributed by atoms with E-state index in [1.807, 2.05) is 0 Å². The summed E-state index contributed by atoms with van der Waals surface area (Å²) in [6, 6.07) is 0. The van der Waals surface area contributed by atoms with Crippen LogP contribution in [0.2, 0.25) is 0 Å². The molecule has 0 radical (unpaired) electrons. The van der Waals surface area contributed by atoms with Crippen LogP contribution in [-0.4, -0.2) is 20.5 Å². The van der Waals surface area contributed by atoms with Gasteiger partial charge < -0.3 is 9.47 Å². The maximum atomic E-state index is 5.30. The van der Waals surface area contributed by atoms with E-state index in [2.05, 4.69) is 13.8 Å². The summed E-state index contributed by atoms with van der Waals surface area (Å²) in [5.74, 6) is 2.82. The lowest BCUT2D eigenvalue weighted by atomic mass is 9.69. The van der Waals surface area contributed by atoms with Crippen molar-refractivity contribution >= 4 is 0 Å². The smallest absolute Gasteiger partial charge is 0.156 e. The molecular formula is C14H26O2. The quantitative estimate of drug-likeness (QED) is 0.668. The number of ether oxygens (including phenoxy) is 2. The highest BCUT2D eigenvalue weighted by atomic mass is 16.7. The van der Waals surface area contributed by atoms with Crippen molar-refractivity contribution in [3.8, 4) is 0 Å². The average Bonchev–Trinajstić information content (AvgIpc) is 2.81. The summed E-state index contributed by atoms with van der Waals surface area (Å²) in [6.45, 7) is 4.90. The average molecular weight is 226 g/mol. The predicted molar refractivity (Wildman–Crippen MR) is 65.1 cm³/mol. The largest absolute Gasteiger partial charge is 0.356 e. The van der Waals surface area contributed by atoms with Gasteiger partial charge in [-0.1, -0.05) is 13.8 Å². The zero-order chi connectivity index (χ0) is 11.8. The molecule has 0 heterocycles. The van der Waals surface area contributed by atoms with Crippen LogP contribution in [0, 0.1) is 23.2 Å². The molecule has 0 spiro atoms. The van der Waals surface area contributed by atoms with E-state index in [0.29, 0.717) is 5.41 Å². The van der Waals surface area contributed by atoms with Crippen molar-refractivity contribution in [1.29, 1.82) is 0 Å². The van der Waals surface area contributed by atoms with Crippen LogP contribution in [-0.2, 0) is 9.47 Å². The number of fused-ring (bicyclic) bond motifs is 2. The standard InChI is InChI=1S/C14H26O2/c1-10-11(2)14(7-5-12(10)9-14)8-6-13(15-3)16-4/h10-13H,5-9H2,1-4H3. The molecule has 2 rings (SSSR count). The minimum Gasteiger partial charge on any atom is -0.356 e. The van der Waals surface area contributed by atoms with Crippen molar-refractivity contribution in [3.05, 3.63) is 0 Å². The molecule has 2 bridgehead atoms. The van der Waals surface area contributed by atoms with Gasteiger partial charge in [0.1, 0.15) is 0 Å². The van der Waals surface area contributed by atoms with Gasteiger partial charge in [-0.3, -0.25) is 0 Å². The second-order valence-electron chi connectivity index (χ2n) is 5.95. The molecule has 2 nitrogen and oxygen atoms in total. The first-order valence-electron chi connectivity index (χ1n) is 6.68. The topological polar surface area (TPSA) is 18.5 Å². The van der Waals surface area contributed by atoms with Gasteiger partial charge in [-0.2, -0.15) is 0 Å². The molecule has 2 fully saturated rings. The molecule has 2 saturated carbocycles. The minimum absolute atomic E-state index is 0.00321. The van der Waals surface area contributed by atoms with E-state index in [4.69, 9.17) is 9.47 Å². The van der Waals surface area contributed by atoms with Gasteiger partial charge in [-0.15, -0.1) is 0 Å². The molecule has 2 aliphatic carbocycles. The Balaban J connectivity index is 1.93. The van der Waals surface area contributed by atoms with Gasteiger partial charge in [0.2, 0.25) is 0 Å². The lowest BCUT2D eigenvalue weighted by Crippen LogP contribution is -2.29. The van der Waals surface area contributed by atoms with Crippen molar-refractivity contribution in [1.82, 2.24) is 0 Å². The minimum atomic E-state index is -0.00321. The van der Waals surface area contributed by atoms with E-state index in [-0.39, 0.29) is 6.29 Å². The normalized spacial score (nSPS) is 42.2. The van der Waals surface area contributed by atoms with Gasteiger partial charge in [0.25, 0.3) is 0 Å². The van der Waals surface area contributed by atoms with E-state index in [9.17, 15) is 0 Å². The Morgan fingerprint density at radius 1 is 1.25 bits per heavy atom. The Kier molecular flexibility index (Phi) is 3.60. The van der Waals surface area contributed by atoms with Gasteiger partial charge in [-0.05, 0) is 55.3 Å². The van der Waals surface area contributed by atoms with E-state index < -0.39 is 0 Å². The zero-order valence-electron chi connectivity index (χ0n) is 11.2. The highest BCUT2D eigenvalue weighted by Gasteiger charge is 2.53. The second kappa shape index (κ2) is 4.66. The Labute approximate surface area is 99.7 Å². The third-order valence-electron chi connectivity index (χ3n) is 5.58. The fraction of sp³-hybridized carbons (Fsp3) is 1.00. The molecule has 94 valence electrons. The molecule has 16 heavy (non-hydrogen) atoms. The highest BCUT2D eigenvalue weighted by molar-refractivity contribution is 5.02. The van der Waals surface area contributed by atoms with Crippen LogP contribution >= 0.6 is 0 Å². The Hall–Kier alpha value is -0.0800. The Morgan fingerprint density at radius 3 is 2.44 bits per heavy atom. The van der Waals surface area contributed by atoms with Gasteiger partial charge in [0.05, 0.1) is 0 Å². The molecule has 0 aliphatic heterocycles. The molecule has 0 amide bonds. The summed E-state index contributed by atoms with van der Waals surface area (Å²) < 4.78 is 10.6. The van der Waals surface area contributed by atoms with Crippen molar-refractivity contribution in [2.75, 3.05) is 14.2 Å². The molecule has 0 saturated heterocycles. The number of hydrogen-bond acceptors (Lipinski definition) is 2. The Bertz CT molecular complexity index is 237. The van der Waals surface area contributed by atoms with Gasteiger partial charge in [0, 0.05) is 14.2 Å². The number of hydrogen-bond donors (Lipinski definition) is 0. The third kappa shape index (κ3) is 1.91. The first-order chi connectivity index (χ1) is 7.63. The molecule has 0 aromatic rings. The third-order valence-corrected chi connectivity index (χ3v) is 5.58. The van der Waals surface area contributed by atoms with Crippen LogP contribution in [0.5, 0.6) is 0 Å². The van der Waals surface area contributed by atoms with Crippen molar-refractivity contribution in [2.45, 2.75) is 52.2 Å². The van der Waals surface area contributed by atoms with Crippen LogP contribution in [0.15, 0.2) is 0 Å². The zero-order valence-corrected chi connectivity index (χ0v) is 11.2. The number of rotatable bonds is 5. The van der Waals surface area contributed by atoms with Crippen LogP contribution in [0.1, 0.15) is 46.0 Å². The first-order valence-corrected chi connectivity index (χ1v) is 6.68. The maximum Gasteiger partial charge on any atom is 0.156 e. The Morgan fingerprint density at radius 2 is 1.94 bits per heavy atom. The molecule has 4 unspecified atom stereocenters. The van der Waals surface area contributed by atoms with E-state index >= 15 is 0 Å². The van der Waals surface area contributed by atoms with Gasteiger partial charge >= 0.3 is 0 Å².